The average molecular weight is 944 g/mol. The van der Waals surface area contributed by atoms with E-state index in [0.717, 1.165) is 61.4 Å². The van der Waals surface area contributed by atoms with Gasteiger partial charge in [0.1, 0.15) is 0 Å². The zero-order valence-corrected chi connectivity index (χ0v) is 40.2. The summed E-state index contributed by atoms with van der Waals surface area (Å²) in [5, 5.41) is 4.95. The van der Waals surface area contributed by atoms with Crippen LogP contribution in [0.4, 0.5) is 0 Å². The van der Waals surface area contributed by atoms with E-state index in [1.807, 2.05) is 0 Å². The maximum absolute atomic E-state index is 5.30. The molecule has 0 unspecified atom stereocenters. The maximum Gasteiger partial charge on any atom is 0.164 e. The molecule has 0 aliphatic rings. The summed E-state index contributed by atoms with van der Waals surface area (Å²) in [6, 6.07) is 97.1. The molecule has 0 amide bonds. The topological polar surface area (TPSA) is 48.5 Å². The van der Waals surface area contributed by atoms with Gasteiger partial charge in [-0.25, -0.2) is 15.0 Å². The van der Waals surface area contributed by atoms with Crippen molar-refractivity contribution in [1.82, 2.24) is 24.1 Å². The summed E-state index contributed by atoms with van der Waals surface area (Å²) < 4.78 is 4.73. The number of hydrogen-bond acceptors (Lipinski definition) is 3. The van der Waals surface area contributed by atoms with Gasteiger partial charge in [0.25, 0.3) is 0 Å². The van der Waals surface area contributed by atoms with Crippen molar-refractivity contribution >= 4 is 43.6 Å². The first-order valence-corrected chi connectivity index (χ1v) is 25.1. The largest absolute Gasteiger partial charge is 0.309 e. The molecule has 5 nitrogen and oxygen atoms in total. The van der Waals surface area contributed by atoms with Crippen molar-refractivity contribution in [2.75, 3.05) is 0 Å². The van der Waals surface area contributed by atoms with Gasteiger partial charge in [-0.3, -0.25) is 0 Å². The van der Waals surface area contributed by atoms with Gasteiger partial charge >= 0.3 is 0 Å². The lowest BCUT2D eigenvalue weighted by molar-refractivity contribution is 1.07. The van der Waals surface area contributed by atoms with Crippen molar-refractivity contribution in [3.63, 3.8) is 0 Å². The van der Waals surface area contributed by atoms with E-state index in [2.05, 4.69) is 282 Å². The molecule has 0 saturated carbocycles. The molecule has 14 rings (SSSR count). The molecule has 0 spiro atoms. The maximum atomic E-state index is 5.30. The lowest BCUT2D eigenvalue weighted by atomic mass is 9.98. The lowest BCUT2D eigenvalue weighted by Crippen LogP contribution is -2.00. The smallest absolute Gasteiger partial charge is 0.164 e. The third-order valence-electron chi connectivity index (χ3n) is 14.4. The van der Waals surface area contributed by atoms with Gasteiger partial charge in [0.2, 0.25) is 0 Å². The van der Waals surface area contributed by atoms with E-state index in [-0.39, 0.29) is 0 Å². The van der Waals surface area contributed by atoms with Crippen molar-refractivity contribution in [2.24, 2.45) is 0 Å². The minimum absolute atomic E-state index is 0.601. The van der Waals surface area contributed by atoms with Crippen molar-refractivity contribution in [3.05, 3.63) is 273 Å². The quantitative estimate of drug-likeness (QED) is 0.145. The van der Waals surface area contributed by atoms with E-state index in [1.165, 1.54) is 54.7 Å². The SMILES string of the molecule is c1ccc(-c2cccc(-c3ccc(-c4nc(-c5cccc(-c6cccc(-n7c8ccccc8c8ccccc87)c6)c5)nc(-c5cccc(-c6cccc(-n7c8ccccc8c8ccccc87)c6)c5)n4)cc3)c2)cc1. The fraction of sp³-hybridized carbons (Fsp3) is 0. The number of para-hydroxylation sites is 4. The first kappa shape index (κ1) is 42.9. The van der Waals surface area contributed by atoms with Crippen molar-refractivity contribution in [2.45, 2.75) is 0 Å². The molecule has 0 bridgehead atoms. The molecule has 0 radical (unpaired) electrons. The van der Waals surface area contributed by atoms with Gasteiger partial charge in [0.05, 0.1) is 22.1 Å². The standard InChI is InChI=1S/C69H45N5/c1-2-17-46(18-3-1)49-19-12-20-50(41-49)47-37-39-48(40-38-47)67-70-68(55-25-13-21-51(42-55)53-23-15-27-57(44-53)73-63-33-8-4-29-59(63)60-30-5-9-34-64(60)73)72-69(71-67)56-26-14-22-52(43-56)54-24-16-28-58(45-54)74-65-35-10-6-31-61(65)62-32-7-11-36-66(62)74/h1-45H. The molecule has 0 aliphatic carbocycles. The summed E-state index contributed by atoms with van der Waals surface area (Å²) in [4.78, 5) is 15.8. The minimum atomic E-state index is 0.601. The van der Waals surface area contributed by atoms with E-state index in [1.54, 1.807) is 0 Å². The van der Waals surface area contributed by atoms with Crippen LogP contribution in [0.25, 0.3) is 134 Å². The van der Waals surface area contributed by atoms with Crippen LogP contribution in [0.3, 0.4) is 0 Å². The fourth-order valence-corrected chi connectivity index (χ4v) is 10.8. The summed E-state index contributed by atoms with van der Waals surface area (Å²) in [5.41, 5.74) is 18.6. The highest BCUT2D eigenvalue weighted by molar-refractivity contribution is 6.10. The lowest BCUT2D eigenvalue weighted by Gasteiger charge is -2.13. The predicted molar refractivity (Wildman–Crippen MR) is 307 cm³/mol. The average Bonchev–Trinajstić information content (AvgIpc) is 4.02. The van der Waals surface area contributed by atoms with Crippen LogP contribution in [-0.2, 0) is 0 Å². The second-order valence-corrected chi connectivity index (χ2v) is 18.8. The molecule has 14 aromatic rings. The summed E-state index contributed by atoms with van der Waals surface area (Å²) >= 11 is 0. The minimum Gasteiger partial charge on any atom is -0.309 e. The second kappa shape index (κ2) is 18.0. The van der Waals surface area contributed by atoms with Gasteiger partial charge in [-0.2, -0.15) is 0 Å². The van der Waals surface area contributed by atoms with Crippen LogP contribution in [0.2, 0.25) is 0 Å². The number of fused-ring (bicyclic) bond motifs is 6. The Bertz CT molecular complexity index is 4100. The molecule has 74 heavy (non-hydrogen) atoms. The number of aromatic nitrogens is 5. The molecule has 0 saturated heterocycles. The van der Waals surface area contributed by atoms with Crippen molar-refractivity contribution < 1.29 is 0 Å². The summed E-state index contributed by atoms with van der Waals surface area (Å²) in [7, 11) is 0. The van der Waals surface area contributed by atoms with Gasteiger partial charge in [-0.15, -0.1) is 0 Å². The van der Waals surface area contributed by atoms with Gasteiger partial charge in [-0.05, 0) is 111 Å². The zero-order chi connectivity index (χ0) is 49.0. The molecule has 0 N–H and O–H groups in total. The molecule has 3 heterocycles. The first-order valence-electron chi connectivity index (χ1n) is 25.1. The van der Waals surface area contributed by atoms with Gasteiger partial charge < -0.3 is 9.13 Å². The van der Waals surface area contributed by atoms with Crippen LogP contribution in [-0.4, -0.2) is 24.1 Å². The van der Waals surface area contributed by atoms with E-state index in [4.69, 9.17) is 15.0 Å². The fourth-order valence-electron chi connectivity index (χ4n) is 10.8. The highest BCUT2D eigenvalue weighted by Crippen LogP contribution is 2.37. The van der Waals surface area contributed by atoms with Crippen molar-refractivity contribution in [3.8, 4) is 90.0 Å². The molecular formula is C69H45N5. The summed E-state index contributed by atoms with van der Waals surface area (Å²) in [5.74, 6) is 1.81. The summed E-state index contributed by atoms with van der Waals surface area (Å²) in [6.07, 6.45) is 0. The van der Waals surface area contributed by atoms with E-state index in [0.29, 0.717) is 17.5 Å². The Balaban J connectivity index is 0.866. The number of rotatable bonds is 9. The molecule has 0 fully saturated rings. The summed E-state index contributed by atoms with van der Waals surface area (Å²) in [6.45, 7) is 0. The molecular weight excluding hydrogens is 899 g/mol. The highest BCUT2D eigenvalue weighted by Gasteiger charge is 2.17. The Morgan fingerprint density at radius 3 is 0.878 bits per heavy atom. The number of benzene rings is 11. The van der Waals surface area contributed by atoms with E-state index < -0.39 is 0 Å². The van der Waals surface area contributed by atoms with Crippen LogP contribution in [0, 0.1) is 0 Å². The Hall–Kier alpha value is -9.97. The Kier molecular flexibility index (Phi) is 10.4. The van der Waals surface area contributed by atoms with Crippen LogP contribution >= 0.6 is 0 Å². The van der Waals surface area contributed by atoms with Crippen LogP contribution in [0.15, 0.2) is 273 Å². The van der Waals surface area contributed by atoms with E-state index >= 15 is 0 Å². The Labute approximate surface area is 428 Å². The molecule has 346 valence electrons. The monoisotopic (exact) mass is 943 g/mol. The Morgan fingerprint density at radius 1 is 0.189 bits per heavy atom. The first-order chi connectivity index (χ1) is 36.7. The normalized spacial score (nSPS) is 11.5. The van der Waals surface area contributed by atoms with Crippen LogP contribution < -0.4 is 0 Å². The predicted octanol–water partition coefficient (Wildman–Crippen LogP) is 17.7. The number of nitrogens with zero attached hydrogens (tertiary/aromatic N) is 5. The van der Waals surface area contributed by atoms with Crippen LogP contribution in [0.1, 0.15) is 0 Å². The second-order valence-electron chi connectivity index (χ2n) is 18.8. The van der Waals surface area contributed by atoms with Crippen molar-refractivity contribution in [1.29, 1.82) is 0 Å². The third-order valence-corrected chi connectivity index (χ3v) is 14.4. The molecule has 3 aromatic heterocycles. The molecule has 11 aromatic carbocycles. The molecule has 0 aliphatic heterocycles. The van der Waals surface area contributed by atoms with Gasteiger partial charge in [0.15, 0.2) is 17.5 Å². The Morgan fingerprint density at radius 2 is 0.459 bits per heavy atom. The third kappa shape index (κ3) is 7.63. The van der Waals surface area contributed by atoms with Crippen LogP contribution in [0.5, 0.6) is 0 Å². The molecule has 5 heteroatoms. The van der Waals surface area contributed by atoms with E-state index in [9.17, 15) is 0 Å². The molecule has 0 atom stereocenters. The van der Waals surface area contributed by atoms with Gasteiger partial charge in [0, 0.05) is 49.6 Å². The highest BCUT2D eigenvalue weighted by atomic mass is 15.0. The van der Waals surface area contributed by atoms with Gasteiger partial charge in [-0.1, -0.05) is 206 Å². The zero-order valence-electron chi connectivity index (χ0n) is 40.2. The number of hydrogen-bond donors (Lipinski definition) is 0.